The molecule has 1 nitrogen and oxygen atoms in total. The van der Waals surface area contributed by atoms with Crippen molar-refractivity contribution >= 4 is 31.9 Å². The summed E-state index contributed by atoms with van der Waals surface area (Å²) in [5, 5.41) is 0. The summed E-state index contributed by atoms with van der Waals surface area (Å²) in [6, 6.07) is 12.5. The molecule has 0 aromatic heterocycles. The molecule has 0 saturated heterocycles. The number of hydrogen-bond acceptors (Lipinski definition) is 1. The molecule has 0 fully saturated rings. The molecule has 0 saturated carbocycles. The first-order valence-corrected chi connectivity index (χ1v) is 7.10. The van der Waals surface area contributed by atoms with Crippen LogP contribution in [0.25, 0.3) is 0 Å². The normalized spacial score (nSPS) is 12.4. The predicted molar refractivity (Wildman–Crippen MR) is 78.9 cm³/mol. The van der Waals surface area contributed by atoms with Gasteiger partial charge in [0.25, 0.3) is 0 Å². The standard InChI is InChI=1S/C14H12Br2FN/c15-10-3-1-9(2-4-10)7-14(18)12-6-5-11(17)8-13(12)16/h1-6,8,14H,7,18H2. The van der Waals surface area contributed by atoms with Gasteiger partial charge in [-0.05, 0) is 41.8 Å². The lowest BCUT2D eigenvalue weighted by molar-refractivity contribution is 0.623. The van der Waals surface area contributed by atoms with Gasteiger partial charge < -0.3 is 5.73 Å². The van der Waals surface area contributed by atoms with Gasteiger partial charge in [0.05, 0.1) is 0 Å². The summed E-state index contributed by atoms with van der Waals surface area (Å²) in [4.78, 5) is 0. The second kappa shape index (κ2) is 5.95. The highest BCUT2D eigenvalue weighted by Crippen LogP contribution is 2.25. The Morgan fingerprint density at radius 2 is 1.72 bits per heavy atom. The van der Waals surface area contributed by atoms with Crippen molar-refractivity contribution in [2.75, 3.05) is 0 Å². The van der Waals surface area contributed by atoms with E-state index in [1.165, 1.54) is 12.1 Å². The van der Waals surface area contributed by atoms with Gasteiger partial charge in [-0.15, -0.1) is 0 Å². The van der Waals surface area contributed by atoms with E-state index in [4.69, 9.17) is 5.73 Å². The lowest BCUT2D eigenvalue weighted by atomic mass is 10.00. The maximum absolute atomic E-state index is 13.0. The van der Waals surface area contributed by atoms with Crippen LogP contribution in [0, 0.1) is 5.82 Å². The first kappa shape index (κ1) is 13.7. The van der Waals surface area contributed by atoms with E-state index in [1.807, 2.05) is 24.3 Å². The lowest BCUT2D eigenvalue weighted by Crippen LogP contribution is -2.14. The Bertz CT molecular complexity index is 540. The summed E-state index contributed by atoms with van der Waals surface area (Å²) in [6.07, 6.45) is 0.720. The Labute approximate surface area is 122 Å². The minimum atomic E-state index is -0.263. The fourth-order valence-corrected chi connectivity index (χ4v) is 2.70. The van der Waals surface area contributed by atoms with Crippen LogP contribution in [0.15, 0.2) is 51.4 Å². The molecule has 1 atom stereocenters. The Morgan fingerprint density at radius 3 is 2.33 bits per heavy atom. The third kappa shape index (κ3) is 3.40. The zero-order valence-electron chi connectivity index (χ0n) is 9.54. The number of benzene rings is 2. The summed E-state index contributed by atoms with van der Waals surface area (Å²) < 4.78 is 14.8. The van der Waals surface area contributed by atoms with E-state index in [0.717, 1.165) is 22.0 Å². The van der Waals surface area contributed by atoms with Crippen LogP contribution in [0.1, 0.15) is 17.2 Å². The van der Waals surface area contributed by atoms with Gasteiger partial charge in [-0.3, -0.25) is 0 Å². The highest BCUT2D eigenvalue weighted by molar-refractivity contribution is 9.10. The highest BCUT2D eigenvalue weighted by Gasteiger charge is 2.11. The van der Waals surface area contributed by atoms with E-state index in [2.05, 4.69) is 31.9 Å². The van der Waals surface area contributed by atoms with Crippen molar-refractivity contribution in [3.8, 4) is 0 Å². The molecule has 2 rings (SSSR count). The van der Waals surface area contributed by atoms with E-state index in [1.54, 1.807) is 6.07 Å². The number of halogens is 3. The fraction of sp³-hybridized carbons (Fsp3) is 0.143. The molecular formula is C14H12Br2FN. The second-order valence-electron chi connectivity index (χ2n) is 4.10. The monoisotopic (exact) mass is 371 g/mol. The summed E-state index contributed by atoms with van der Waals surface area (Å²) in [5.41, 5.74) is 8.22. The molecule has 2 aromatic rings. The van der Waals surface area contributed by atoms with Crippen molar-refractivity contribution in [2.24, 2.45) is 5.73 Å². The fourth-order valence-electron chi connectivity index (χ4n) is 1.79. The second-order valence-corrected chi connectivity index (χ2v) is 5.87. The van der Waals surface area contributed by atoms with Crippen molar-refractivity contribution in [2.45, 2.75) is 12.5 Å². The zero-order chi connectivity index (χ0) is 13.1. The van der Waals surface area contributed by atoms with Crippen LogP contribution in [0.3, 0.4) is 0 Å². The van der Waals surface area contributed by atoms with Gasteiger partial charge in [-0.1, -0.05) is 50.1 Å². The average Bonchev–Trinajstić information content (AvgIpc) is 2.32. The number of rotatable bonds is 3. The van der Waals surface area contributed by atoms with Crippen LogP contribution in [-0.4, -0.2) is 0 Å². The van der Waals surface area contributed by atoms with Crippen LogP contribution in [-0.2, 0) is 6.42 Å². The van der Waals surface area contributed by atoms with Gasteiger partial charge >= 0.3 is 0 Å². The summed E-state index contributed by atoms with van der Waals surface area (Å²) in [6.45, 7) is 0. The molecule has 94 valence electrons. The molecule has 2 N–H and O–H groups in total. The largest absolute Gasteiger partial charge is 0.324 e. The van der Waals surface area contributed by atoms with E-state index < -0.39 is 0 Å². The summed E-state index contributed by atoms with van der Waals surface area (Å²) in [7, 11) is 0. The Balaban J connectivity index is 2.16. The lowest BCUT2D eigenvalue weighted by Gasteiger charge is -2.14. The van der Waals surface area contributed by atoms with E-state index >= 15 is 0 Å². The van der Waals surface area contributed by atoms with Crippen molar-refractivity contribution in [3.63, 3.8) is 0 Å². The minimum Gasteiger partial charge on any atom is -0.324 e. The Kier molecular flexibility index (Phi) is 4.54. The number of hydrogen-bond donors (Lipinski definition) is 1. The van der Waals surface area contributed by atoms with Crippen molar-refractivity contribution in [1.29, 1.82) is 0 Å². The molecule has 0 amide bonds. The minimum absolute atomic E-state index is 0.152. The molecule has 0 aliphatic carbocycles. The van der Waals surface area contributed by atoms with Crippen molar-refractivity contribution in [3.05, 3.63) is 68.4 Å². The molecule has 0 bridgehead atoms. The SMILES string of the molecule is NC(Cc1ccc(Br)cc1)c1ccc(F)cc1Br. The zero-order valence-corrected chi connectivity index (χ0v) is 12.7. The summed E-state index contributed by atoms with van der Waals surface area (Å²) in [5.74, 6) is -0.263. The third-order valence-electron chi connectivity index (χ3n) is 2.73. The maximum Gasteiger partial charge on any atom is 0.124 e. The third-order valence-corrected chi connectivity index (χ3v) is 3.95. The van der Waals surface area contributed by atoms with Crippen LogP contribution in [0.4, 0.5) is 4.39 Å². The van der Waals surface area contributed by atoms with Crippen molar-refractivity contribution in [1.82, 2.24) is 0 Å². The first-order valence-electron chi connectivity index (χ1n) is 5.51. The van der Waals surface area contributed by atoms with E-state index in [0.29, 0.717) is 4.47 Å². The van der Waals surface area contributed by atoms with Crippen LogP contribution >= 0.6 is 31.9 Å². The van der Waals surface area contributed by atoms with Gasteiger partial charge in [-0.25, -0.2) is 4.39 Å². The smallest absolute Gasteiger partial charge is 0.124 e. The van der Waals surface area contributed by atoms with Gasteiger partial charge in [0, 0.05) is 15.0 Å². The average molecular weight is 373 g/mol. The molecule has 0 radical (unpaired) electrons. The van der Waals surface area contributed by atoms with Gasteiger partial charge in [0.2, 0.25) is 0 Å². The Morgan fingerprint density at radius 1 is 1.06 bits per heavy atom. The Hall–Kier alpha value is -0.710. The van der Waals surface area contributed by atoms with Crippen LogP contribution < -0.4 is 5.73 Å². The van der Waals surface area contributed by atoms with E-state index in [-0.39, 0.29) is 11.9 Å². The molecule has 2 aromatic carbocycles. The van der Waals surface area contributed by atoms with Gasteiger partial charge in [0.15, 0.2) is 0 Å². The van der Waals surface area contributed by atoms with E-state index in [9.17, 15) is 4.39 Å². The molecule has 0 spiro atoms. The molecule has 1 unspecified atom stereocenters. The predicted octanol–water partition coefficient (Wildman–Crippen LogP) is 4.59. The van der Waals surface area contributed by atoms with Gasteiger partial charge in [-0.2, -0.15) is 0 Å². The quantitative estimate of drug-likeness (QED) is 0.837. The van der Waals surface area contributed by atoms with Crippen LogP contribution in [0.5, 0.6) is 0 Å². The molecule has 0 heterocycles. The topological polar surface area (TPSA) is 26.0 Å². The molecule has 18 heavy (non-hydrogen) atoms. The number of nitrogens with two attached hydrogens (primary N) is 1. The van der Waals surface area contributed by atoms with Gasteiger partial charge in [0.1, 0.15) is 5.82 Å². The first-order chi connectivity index (χ1) is 8.56. The molecular weight excluding hydrogens is 361 g/mol. The highest BCUT2D eigenvalue weighted by atomic mass is 79.9. The van der Waals surface area contributed by atoms with Crippen LogP contribution in [0.2, 0.25) is 0 Å². The molecule has 0 aliphatic heterocycles. The maximum atomic E-state index is 13.0. The van der Waals surface area contributed by atoms with Crippen molar-refractivity contribution < 1.29 is 4.39 Å². The summed E-state index contributed by atoms with van der Waals surface area (Å²) >= 11 is 6.74. The molecule has 0 aliphatic rings. The molecule has 4 heteroatoms.